The van der Waals surface area contributed by atoms with Crippen LogP contribution < -0.4 is 4.90 Å². The van der Waals surface area contributed by atoms with Gasteiger partial charge in [0, 0.05) is 33.4 Å². The average Bonchev–Trinajstić information content (AvgIpc) is 3.64. The molecule has 0 amide bonds. The number of anilines is 3. The molecule has 0 radical (unpaired) electrons. The van der Waals surface area contributed by atoms with Gasteiger partial charge < -0.3 is 9.32 Å². The summed E-state index contributed by atoms with van der Waals surface area (Å²) in [6.07, 6.45) is 0. The van der Waals surface area contributed by atoms with Crippen molar-refractivity contribution in [1.29, 1.82) is 0 Å². The molecule has 0 N–H and O–H groups in total. The molecular weight excluding hydrogens is 655 g/mol. The van der Waals surface area contributed by atoms with Gasteiger partial charge in [-0.05, 0) is 92.2 Å². The lowest BCUT2D eigenvalue weighted by molar-refractivity contribution is 0.670. The van der Waals surface area contributed by atoms with E-state index in [-0.39, 0.29) is 0 Å². The monoisotopic (exact) mass is 689 g/mol. The lowest BCUT2D eigenvalue weighted by Gasteiger charge is -2.27. The second-order valence-electron chi connectivity index (χ2n) is 13.7. The maximum absolute atomic E-state index is 6.48. The molecule has 10 rings (SSSR count). The summed E-state index contributed by atoms with van der Waals surface area (Å²) in [5.74, 6) is 0. The Bertz CT molecular complexity index is 2920. The first-order valence-corrected chi connectivity index (χ1v) is 18.4. The van der Waals surface area contributed by atoms with E-state index in [0.717, 1.165) is 50.1 Å². The lowest BCUT2D eigenvalue weighted by atomic mass is 9.97. The van der Waals surface area contributed by atoms with Crippen molar-refractivity contribution >= 4 is 49.8 Å². The molecule has 0 aliphatic carbocycles. The maximum atomic E-state index is 6.48. The van der Waals surface area contributed by atoms with E-state index >= 15 is 0 Å². The minimum atomic E-state index is 0.901. The first kappa shape index (κ1) is 31.6. The van der Waals surface area contributed by atoms with Gasteiger partial charge in [0.15, 0.2) is 0 Å². The van der Waals surface area contributed by atoms with Gasteiger partial charge >= 0.3 is 0 Å². The Morgan fingerprint density at radius 1 is 0.296 bits per heavy atom. The minimum Gasteiger partial charge on any atom is -0.455 e. The molecule has 0 saturated carbocycles. The summed E-state index contributed by atoms with van der Waals surface area (Å²) in [7, 11) is 0. The van der Waals surface area contributed by atoms with Gasteiger partial charge in [-0.2, -0.15) is 0 Å². The highest BCUT2D eigenvalue weighted by Gasteiger charge is 2.17. The summed E-state index contributed by atoms with van der Waals surface area (Å²) in [4.78, 5) is 2.36. The fraction of sp³-hybridized carbons (Fsp3) is 0. The molecule has 0 atom stereocenters. The Labute approximate surface area is 314 Å². The molecule has 2 nitrogen and oxygen atoms in total. The molecule has 0 saturated heterocycles. The van der Waals surface area contributed by atoms with Gasteiger partial charge in [-0.15, -0.1) is 0 Å². The van der Waals surface area contributed by atoms with Crippen LogP contribution in [0.5, 0.6) is 0 Å². The van der Waals surface area contributed by atoms with Crippen LogP contribution in [-0.2, 0) is 0 Å². The largest absolute Gasteiger partial charge is 0.455 e. The number of benzene rings is 9. The number of para-hydroxylation sites is 2. The fourth-order valence-electron chi connectivity index (χ4n) is 7.81. The van der Waals surface area contributed by atoms with E-state index in [1.165, 1.54) is 44.2 Å². The first-order valence-electron chi connectivity index (χ1n) is 18.4. The van der Waals surface area contributed by atoms with Crippen molar-refractivity contribution < 1.29 is 4.42 Å². The smallest absolute Gasteiger partial charge is 0.143 e. The molecule has 2 heteroatoms. The van der Waals surface area contributed by atoms with E-state index in [9.17, 15) is 0 Å². The van der Waals surface area contributed by atoms with Crippen LogP contribution >= 0.6 is 0 Å². The standard InChI is InChI=1S/C52H35NO/c1-2-12-36(13-3-1)37-26-28-38(29-27-37)39-30-32-43(33-31-39)53(44-18-8-16-41(34-44)47-22-10-15-40-14-4-5-20-46(40)47)45-19-9-17-42(35-45)48-23-11-24-50-49-21-6-7-25-51(49)54-52(48)50/h1-35H. The summed E-state index contributed by atoms with van der Waals surface area (Å²) in [5, 5.41) is 4.73. The Kier molecular flexibility index (Phi) is 7.85. The molecule has 54 heavy (non-hydrogen) atoms. The second-order valence-corrected chi connectivity index (χ2v) is 13.7. The number of hydrogen-bond acceptors (Lipinski definition) is 2. The van der Waals surface area contributed by atoms with E-state index in [0.29, 0.717) is 0 Å². The van der Waals surface area contributed by atoms with Crippen LogP contribution in [0.1, 0.15) is 0 Å². The van der Waals surface area contributed by atoms with Crippen LogP contribution in [0.25, 0.3) is 77.2 Å². The Morgan fingerprint density at radius 3 is 1.50 bits per heavy atom. The van der Waals surface area contributed by atoms with Crippen LogP contribution in [-0.4, -0.2) is 0 Å². The number of fused-ring (bicyclic) bond motifs is 4. The van der Waals surface area contributed by atoms with Crippen molar-refractivity contribution in [3.05, 3.63) is 212 Å². The summed E-state index contributed by atoms with van der Waals surface area (Å²) in [6.45, 7) is 0. The summed E-state index contributed by atoms with van der Waals surface area (Å²) < 4.78 is 6.48. The average molecular weight is 690 g/mol. The molecule has 9 aromatic carbocycles. The summed E-state index contributed by atoms with van der Waals surface area (Å²) >= 11 is 0. The van der Waals surface area contributed by atoms with E-state index in [1.54, 1.807) is 0 Å². The Morgan fingerprint density at radius 2 is 0.778 bits per heavy atom. The summed E-state index contributed by atoms with van der Waals surface area (Å²) in [6, 6.07) is 75.9. The third-order valence-electron chi connectivity index (χ3n) is 10.5. The van der Waals surface area contributed by atoms with Crippen molar-refractivity contribution in [2.75, 3.05) is 4.90 Å². The molecule has 0 aliphatic heterocycles. The van der Waals surface area contributed by atoms with E-state index < -0.39 is 0 Å². The predicted octanol–water partition coefficient (Wildman–Crippen LogP) is 14.9. The van der Waals surface area contributed by atoms with Gasteiger partial charge in [0.1, 0.15) is 11.2 Å². The molecule has 0 spiro atoms. The molecule has 10 aromatic rings. The van der Waals surface area contributed by atoms with Gasteiger partial charge in [-0.25, -0.2) is 0 Å². The zero-order valence-electron chi connectivity index (χ0n) is 29.6. The number of nitrogens with zero attached hydrogens (tertiary/aromatic N) is 1. The molecule has 0 unspecified atom stereocenters. The van der Waals surface area contributed by atoms with Gasteiger partial charge in [0.2, 0.25) is 0 Å². The topological polar surface area (TPSA) is 16.4 Å². The van der Waals surface area contributed by atoms with E-state index in [2.05, 4.69) is 205 Å². The van der Waals surface area contributed by atoms with Crippen LogP contribution in [0.2, 0.25) is 0 Å². The number of rotatable bonds is 7. The van der Waals surface area contributed by atoms with Crippen LogP contribution in [0.3, 0.4) is 0 Å². The zero-order chi connectivity index (χ0) is 35.8. The van der Waals surface area contributed by atoms with Crippen LogP contribution in [0.4, 0.5) is 17.1 Å². The van der Waals surface area contributed by atoms with Crippen LogP contribution in [0.15, 0.2) is 217 Å². The minimum absolute atomic E-state index is 0.901. The highest BCUT2D eigenvalue weighted by Crippen LogP contribution is 2.42. The first-order chi connectivity index (χ1) is 26.8. The quantitative estimate of drug-likeness (QED) is 0.166. The Balaban J connectivity index is 1.08. The van der Waals surface area contributed by atoms with Gasteiger partial charge in [-0.1, -0.05) is 170 Å². The van der Waals surface area contributed by atoms with Crippen LogP contribution in [0, 0.1) is 0 Å². The Hall–Kier alpha value is -7.16. The predicted molar refractivity (Wildman–Crippen MR) is 228 cm³/mol. The van der Waals surface area contributed by atoms with Gasteiger partial charge in [0.05, 0.1) is 0 Å². The zero-order valence-corrected chi connectivity index (χ0v) is 29.6. The highest BCUT2D eigenvalue weighted by atomic mass is 16.3. The lowest BCUT2D eigenvalue weighted by Crippen LogP contribution is -2.10. The number of furan rings is 1. The molecule has 1 heterocycles. The maximum Gasteiger partial charge on any atom is 0.143 e. The molecule has 254 valence electrons. The van der Waals surface area contributed by atoms with Crippen molar-refractivity contribution in [2.24, 2.45) is 0 Å². The van der Waals surface area contributed by atoms with Gasteiger partial charge in [-0.3, -0.25) is 0 Å². The van der Waals surface area contributed by atoms with E-state index in [1.807, 2.05) is 12.1 Å². The second kappa shape index (κ2) is 13.4. The SMILES string of the molecule is c1ccc(-c2ccc(-c3ccc(N(c4cccc(-c5cccc6ccccc56)c4)c4cccc(-c5cccc6c5oc5ccccc56)c4)cc3)cc2)cc1. The van der Waals surface area contributed by atoms with Gasteiger partial charge in [0.25, 0.3) is 0 Å². The van der Waals surface area contributed by atoms with Crippen molar-refractivity contribution in [2.45, 2.75) is 0 Å². The van der Waals surface area contributed by atoms with Crippen molar-refractivity contribution in [3.63, 3.8) is 0 Å². The third-order valence-corrected chi connectivity index (χ3v) is 10.5. The summed E-state index contributed by atoms with van der Waals surface area (Å²) in [5.41, 5.74) is 14.4. The molecule has 1 aromatic heterocycles. The van der Waals surface area contributed by atoms with E-state index in [4.69, 9.17) is 4.42 Å². The molecular formula is C52H35NO. The molecule has 0 aliphatic rings. The molecule has 0 fully saturated rings. The fourth-order valence-corrected chi connectivity index (χ4v) is 7.81. The van der Waals surface area contributed by atoms with Crippen molar-refractivity contribution in [3.8, 4) is 44.5 Å². The van der Waals surface area contributed by atoms with Crippen molar-refractivity contribution in [1.82, 2.24) is 0 Å². The number of hydrogen-bond donors (Lipinski definition) is 0. The highest BCUT2D eigenvalue weighted by molar-refractivity contribution is 6.09. The third kappa shape index (κ3) is 5.71. The normalized spacial score (nSPS) is 11.3. The molecule has 0 bridgehead atoms.